The number of carbonyl (C=O) groups is 2. The second-order valence-corrected chi connectivity index (χ2v) is 6.49. The van der Waals surface area contributed by atoms with Crippen LogP contribution < -0.4 is 15.7 Å². The largest absolute Gasteiger partial charge is 0.369 e. The summed E-state index contributed by atoms with van der Waals surface area (Å²) in [7, 11) is 0. The molecule has 0 bridgehead atoms. The van der Waals surface area contributed by atoms with Gasteiger partial charge in [-0.2, -0.15) is 0 Å². The van der Waals surface area contributed by atoms with E-state index in [4.69, 9.17) is 28.4 Å². The zero-order chi connectivity index (χ0) is 19.6. The summed E-state index contributed by atoms with van der Waals surface area (Å²) in [4.78, 5) is 25.7. The van der Waals surface area contributed by atoms with Gasteiger partial charge in [0.05, 0.1) is 0 Å². The summed E-state index contributed by atoms with van der Waals surface area (Å²) in [6, 6.07) is 13.8. The number of carbonyl (C=O) groups excluding carboxylic acids is 2. The molecule has 0 heterocycles. The van der Waals surface area contributed by atoms with Gasteiger partial charge in [0, 0.05) is 48.2 Å². The zero-order valence-corrected chi connectivity index (χ0v) is 16.1. The number of hydroxylamine groups is 1. The first kappa shape index (κ1) is 21.0. The number of anilines is 1. The van der Waals surface area contributed by atoms with E-state index in [9.17, 15) is 9.59 Å². The summed E-state index contributed by atoms with van der Waals surface area (Å²) < 4.78 is 0. The minimum Gasteiger partial charge on any atom is -0.369 e. The molecular formula is C19H21Cl2N3O3. The Balaban J connectivity index is 1.94. The van der Waals surface area contributed by atoms with Crippen LogP contribution in [0, 0.1) is 0 Å². The van der Waals surface area contributed by atoms with Crippen LogP contribution in [-0.2, 0) is 6.54 Å². The van der Waals surface area contributed by atoms with E-state index in [0.717, 1.165) is 11.3 Å². The minimum absolute atomic E-state index is 0.194. The highest BCUT2D eigenvalue weighted by Gasteiger charge is 2.09. The Morgan fingerprint density at radius 2 is 1.37 bits per heavy atom. The third-order valence-electron chi connectivity index (χ3n) is 3.97. The predicted octanol–water partition coefficient (Wildman–Crippen LogP) is 3.02. The number of benzene rings is 2. The summed E-state index contributed by atoms with van der Waals surface area (Å²) in [5, 5.41) is 11.4. The average molecular weight is 410 g/mol. The molecule has 0 atom stereocenters. The van der Waals surface area contributed by atoms with Crippen molar-refractivity contribution < 1.29 is 14.8 Å². The van der Waals surface area contributed by atoms with Crippen LogP contribution >= 0.6 is 23.2 Å². The fourth-order valence-electron chi connectivity index (χ4n) is 2.52. The molecule has 0 aliphatic carbocycles. The molecule has 2 amide bonds. The van der Waals surface area contributed by atoms with Crippen LogP contribution in [0.15, 0.2) is 48.5 Å². The van der Waals surface area contributed by atoms with E-state index >= 15 is 0 Å². The molecule has 144 valence electrons. The number of hydrogen-bond donors (Lipinski definition) is 3. The first-order valence-corrected chi connectivity index (χ1v) is 9.44. The third kappa shape index (κ3) is 6.13. The number of halogens is 2. The Labute approximate surface area is 168 Å². The second kappa shape index (κ2) is 10.8. The Morgan fingerprint density at radius 3 is 1.89 bits per heavy atom. The van der Waals surface area contributed by atoms with Crippen LogP contribution in [0.2, 0.25) is 0 Å². The van der Waals surface area contributed by atoms with Crippen molar-refractivity contribution in [2.75, 3.05) is 29.7 Å². The SMILES string of the molecule is O=C(NO)c1ccc(CNC(=O)c2ccc(N(CCCl)CCCl)cc2)cc1. The number of hydrogen-bond acceptors (Lipinski definition) is 4. The molecule has 0 saturated carbocycles. The van der Waals surface area contributed by atoms with Crippen molar-refractivity contribution in [1.82, 2.24) is 10.8 Å². The lowest BCUT2D eigenvalue weighted by molar-refractivity contribution is 0.0706. The molecule has 6 nitrogen and oxygen atoms in total. The number of nitrogens with zero attached hydrogens (tertiary/aromatic N) is 1. The second-order valence-electron chi connectivity index (χ2n) is 5.73. The molecule has 0 fully saturated rings. The summed E-state index contributed by atoms with van der Waals surface area (Å²) in [5.74, 6) is 0.221. The molecule has 2 aromatic rings. The highest BCUT2D eigenvalue weighted by atomic mass is 35.5. The van der Waals surface area contributed by atoms with Gasteiger partial charge >= 0.3 is 0 Å². The van der Waals surface area contributed by atoms with E-state index in [0.29, 0.717) is 42.5 Å². The summed E-state index contributed by atoms with van der Waals surface area (Å²) in [6.45, 7) is 1.69. The van der Waals surface area contributed by atoms with Crippen molar-refractivity contribution in [2.24, 2.45) is 0 Å². The van der Waals surface area contributed by atoms with Crippen LogP contribution in [-0.4, -0.2) is 41.9 Å². The van der Waals surface area contributed by atoms with Gasteiger partial charge in [0.2, 0.25) is 0 Å². The molecule has 27 heavy (non-hydrogen) atoms. The molecule has 0 spiro atoms. The zero-order valence-electron chi connectivity index (χ0n) is 14.6. The van der Waals surface area contributed by atoms with E-state index in [2.05, 4.69) is 10.2 Å². The molecule has 0 aliphatic rings. The smallest absolute Gasteiger partial charge is 0.274 e. The van der Waals surface area contributed by atoms with Gasteiger partial charge in [-0.15, -0.1) is 23.2 Å². The lowest BCUT2D eigenvalue weighted by Crippen LogP contribution is -2.27. The molecular weight excluding hydrogens is 389 g/mol. The predicted molar refractivity (Wildman–Crippen MR) is 107 cm³/mol. The van der Waals surface area contributed by atoms with Gasteiger partial charge in [0.1, 0.15) is 0 Å². The number of rotatable bonds is 9. The first-order valence-electron chi connectivity index (χ1n) is 8.37. The van der Waals surface area contributed by atoms with E-state index < -0.39 is 5.91 Å². The first-order chi connectivity index (χ1) is 13.1. The maximum atomic E-state index is 12.3. The van der Waals surface area contributed by atoms with Crippen molar-refractivity contribution in [3.8, 4) is 0 Å². The molecule has 3 N–H and O–H groups in total. The fourth-order valence-corrected chi connectivity index (χ4v) is 2.93. The molecule has 0 saturated heterocycles. The standard InChI is InChI=1S/C19H21Cl2N3O3/c20-9-11-24(12-10-21)17-7-5-15(6-8-17)18(25)22-13-14-1-3-16(4-2-14)19(26)23-27/h1-8,27H,9-13H2,(H,22,25)(H,23,26). The summed E-state index contributed by atoms with van der Waals surface area (Å²) in [5.41, 5.74) is 4.26. The maximum absolute atomic E-state index is 12.3. The molecule has 0 unspecified atom stereocenters. The van der Waals surface area contributed by atoms with Crippen molar-refractivity contribution in [3.05, 3.63) is 65.2 Å². The van der Waals surface area contributed by atoms with Crippen molar-refractivity contribution in [2.45, 2.75) is 6.54 Å². The van der Waals surface area contributed by atoms with Crippen LogP contribution in [0.4, 0.5) is 5.69 Å². The van der Waals surface area contributed by atoms with E-state index in [-0.39, 0.29) is 5.91 Å². The van der Waals surface area contributed by atoms with Gasteiger partial charge in [-0.25, -0.2) is 5.48 Å². The average Bonchev–Trinajstić information content (AvgIpc) is 2.71. The van der Waals surface area contributed by atoms with E-state index in [1.807, 2.05) is 12.1 Å². The van der Waals surface area contributed by atoms with Gasteiger partial charge in [0.25, 0.3) is 11.8 Å². The molecule has 0 aromatic heterocycles. The van der Waals surface area contributed by atoms with Crippen molar-refractivity contribution in [3.63, 3.8) is 0 Å². The van der Waals surface area contributed by atoms with Gasteiger partial charge in [-0.1, -0.05) is 12.1 Å². The Bertz CT molecular complexity index is 746. The van der Waals surface area contributed by atoms with Crippen molar-refractivity contribution in [1.29, 1.82) is 0 Å². The van der Waals surface area contributed by atoms with Gasteiger partial charge in [-0.05, 0) is 42.0 Å². The van der Waals surface area contributed by atoms with Crippen LogP contribution in [0.5, 0.6) is 0 Å². The quantitative estimate of drug-likeness (QED) is 0.337. The van der Waals surface area contributed by atoms with Gasteiger partial charge in [-0.3, -0.25) is 14.8 Å². The van der Waals surface area contributed by atoms with Gasteiger partial charge < -0.3 is 10.2 Å². The van der Waals surface area contributed by atoms with Crippen molar-refractivity contribution >= 4 is 40.7 Å². The molecule has 0 aliphatic heterocycles. The number of amides is 2. The maximum Gasteiger partial charge on any atom is 0.274 e. The van der Waals surface area contributed by atoms with E-state index in [1.54, 1.807) is 41.9 Å². The van der Waals surface area contributed by atoms with E-state index in [1.165, 1.54) is 0 Å². The normalized spacial score (nSPS) is 10.3. The third-order valence-corrected chi connectivity index (χ3v) is 4.31. The molecule has 2 rings (SSSR count). The van der Waals surface area contributed by atoms with Gasteiger partial charge in [0.15, 0.2) is 0 Å². The highest BCUT2D eigenvalue weighted by Crippen LogP contribution is 2.16. The fraction of sp³-hybridized carbons (Fsp3) is 0.263. The van der Waals surface area contributed by atoms with Crippen LogP contribution in [0.3, 0.4) is 0 Å². The number of alkyl halides is 2. The molecule has 2 aromatic carbocycles. The Kier molecular flexibility index (Phi) is 8.39. The Hall–Kier alpha value is -2.28. The minimum atomic E-state index is -0.581. The van der Waals surface area contributed by atoms with Crippen LogP contribution in [0.1, 0.15) is 26.3 Å². The lowest BCUT2D eigenvalue weighted by Gasteiger charge is -2.22. The molecule has 0 radical (unpaired) electrons. The summed E-state index contributed by atoms with van der Waals surface area (Å²) in [6.07, 6.45) is 0. The Morgan fingerprint density at radius 1 is 0.852 bits per heavy atom. The lowest BCUT2D eigenvalue weighted by atomic mass is 10.1. The highest BCUT2D eigenvalue weighted by molar-refractivity contribution is 6.18. The number of nitrogens with one attached hydrogen (secondary N) is 2. The van der Waals surface area contributed by atoms with Crippen LogP contribution in [0.25, 0.3) is 0 Å². The topological polar surface area (TPSA) is 81.7 Å². The molecule has 8 heteroatoms. The summed E-state index contributed by atoms with van der Waals surface area (Å²) >= 11 is 11.6. The monoisotopic (exact) mass is 409 g/mol.